The summed E-state index contributed by atoms with van der Waals surface area (Å²) in [6.45, 7) is 3.92. The second-order valence-corrected chi connectivity index (χ2v) is 6.24. The molecule has 0 bridgehead atoms. The van der Waals surface area contributed by atoms with E-state index in [4.69, 9.17) is 11.6 Å². The highest BCUT2D eigenvalue weighted by Crippen LogP contribution is 2.36. The van der Waals surface area contributed by atoms with Gasteiger partial charge in [-0.2, -0.15) is 0 Å². The van der Waals surface area contributed by atoms with E-state index in [0.29, 0.717) is 20.7 Å². The standard InChI is InChI=1S/C13H10ClN3O2S/c1-6-3-4-7(2)10-9(6)11(18)12(19)17(10)5-8-15-16-13(14)20-8/h3-4H,5H2,1-2H3. The number of Topliss-reactive ketones (excluding diaryl/α,β-unsaturated/α-hetero) is 1. The van der Waals surface area contributed by atoms with Crippen LogP contribution < -0.4 is 4.90 Å². The summed E-state index contributed by atoms with van der Waals surface area (Å²) in [5, 5.41) is 8.21. The molecule has 0 atom stereocenters. The van der Waals surface area contributed by atoms with Gasteiger partial charge in [0.25, 0.3) is 11.7 Å². The Labute approximate surface area is 124 Å². The Bertz CT molecular complexity index is 741. The lowest BCUT2D eigenvalue weighted by atomic mass is 10.0. The monoisotopic (exact) mass is 307 g/mol. The molecule has 0 N–H and O–H groups in total. The van der Waals surface area contributed by atoms with Crippen LogP contribution in [0.4, 0.5) is 5.69 Å². The normalized spacial score (nSPS) is 14.1. The zero-order valence-corrected chi connectivity index (χ0v) is 12.4. The lowest BCUT2D eigenvalue weighted by molar-refractivity contribution is -0.114. The number of aromatic nitrogens is 2. The minimum absolute atomic E-state index is 0.215. The van der Waals surface area contributed by atoms with Crippen LogP contribution in [0, 0.1) is 13.8 Å². The van der Waals surface area contributed by atoms with E-state index >= 15 is 0 Å². The van der Waals surface area contributed by atoms with Crippen LogP contribution in [0.15, 0.2) is 12.1 Å². The molecule has 1 aromatic carbocycles. The average Bonchev–Trinajstić information content (AvgIpc) is 2.92. The minimum atomic E-state index is -0.524. The van der Waals surface area contributed by atoms with E-state index in [1.165, 1.54) is 16.2 Å². The van der Waals surface area contributed by atoms with Crippen molar-refractivity contribution in [2.45, 2.75) is 20.4 Å². The van der Waals surface area contributed by atoms with Crippen molar-refractivity contribution in [3.8, 4) is 0 Å². The van der Waals surface area contributed by atoms with Gasteiger partial charge >= 0.3 is 0 Å². The van der Waals surface area contributed by atoms with E-state index in [9.17, 15) is 9.59 Å². The summed E-state index contributed by atoms with van der Waals surface area (Å²) in [5.74, 6) is -0.986. The number of rotatable bonds is 2. The number of hydrogen-bond donors (Lipinski definition) is 0. The van der Waals surface area contributed by atoms with Crippen LogP contribution in [0.2, 0.25) is 4.47 Å². The van der Waals surface area contributed by atoms with E-state index in [0.717, 1.165) is 11.1 Å². The second-order valence-electron chi connectivity index (χ2n) is 4.59. The molecule has 0 fully saturated rings. The molecular weight excluding hydrogens is 298 g/mol. The molecule has 0 spiro atoms. The van der Waals surface area contributed by atoms with E-state index < -0.39 is 11.7 Å². The first-order chi connectivity index (χ1) is 9.49. The predicted octanol–water partition coefficient (Wildman–Crippen LogP) is 2.54. The number of carbonyl (C=O) groups is 2. The van der Waals surface area contributed by atoms with Gasteiger partial charge in [-0.3, -0.25) is 14.5 Å². The van der Waals surface area contributed by atoms with Gasteiger partial charge in [0, 0.05) is 0 Å². The van der Waals surface area contributed by atoms with E-state index in [1.807, 2.05) is 26.0 Å². The molecule has 102 valence electrons. The maximum Gasteiger partial charge on any atom is 0.299 e. The molecule has 1 amide bonds. The largest absolute Gasteiger partial charge is 0.299 e. The predicted molar refractivity (Wildman–Crippen MR) is 76.4 cm³/mol. The number of anilines is 1. The quantitative estimate of drug-likeness (QED) is 0.800. The molecule has 20 heavy (non-hydrogen) atoms. The number of halogens is 1. The second kappa shape index (κ2) is 4.64. The van der Waals surface area contributed by atoms with Crippen LogP contribution >= 0.6 is 22.9 Å². The summed E-state index contributed by atoms with van der Waals surface area (Å²) >= 11 is 6.94. The first-order valence-electron chi connectivity index (χ1n) is 5.93. The van der Waals surface area contributed by atoms with Gasteiger partial charge in [-0.1, -0.05) is 23.5 Å². The van der Waals surface area contributed by atoms with Crippen molar-refractivity contribution in [1.29, 1.82) is 0 Å². The molecule has 0 saturated carbocycles. The van der Waals surface area contributed by atoms with Gasteiger partial charge in [0.2, 0.25) is 4.47 Å². The number of fused-ring (bicyclic) bond motifs is 1. The number of hydrogen-bond acceptors (Lipinski definition) is 5. The highest BCUT2D eigenvalue weighted by Gasteiger charge is 2.38. The molecule has 3 rings (SSSR count). The molecule has 2 aromatic rings. The highest BCUT2D eigenvalue weighted by atomic mass is 35.5. The van der Waals surface area contributed by atoms with Crippen molar-refractivity contribution in [2.75, 3.05) is 4.90 Å². The summed E-state index contributed by atoms with van der Waals surface area (Å²) < 4.78 is 0.319. The van der Waals surface area contributed by atoms with E-state index in [-0.39, 0.29) is 6.54 Å². The average molecular weight is 308 g/mol. The highest BCUT2D eigenvalue weighted by molar-refractivity contribution is 7.15. The van der Waals surface area contributed by atoms with Crippen molar-refractivity contribution in [3.63, 3.8) is 0 Å². The van der Waals surface area contributed by atoms with Gasteiger partial charge in [-0.15, -0.1) is 10.2 Å². The number of aryl methyl sites for hydroxylation is 2. The van der Waals surface area contributed by atoms with Gasteiger partial charge in [0.1, 0.15) is 5.01 Å². The van der Waals surface area contributed by atoms with Gasteiger partial charge in [0.15, 0.2) is 0 Å². The Kier molecular flexibility index (Phi) is 3.07. The Hall–Kier alpha value is -1.79. The van der Waals surface area contributed by atoms with Gasteiger partial charge in [-0.25, -0.2) is 0 Å². The summed E-state index contributed by atoms with van der Waals surface area (Å²) in [6, 6.07) is 3.75. The van der Waals surface area contributed by atoms with Crippen LogP contribution in [0.5, 0.6) is 0 Å². The van der Waals surface area contributed by atoms with Crippen LogP contribution in [0.1, 0.15) is 26.5 Å². The zero-order valence-electron chi connectivity index (χ0n) is 10.8. The van der Waals surface area contributed by atoms with E-state index in [2.05, 4.69) is 10.2 Å². The Morgan fingerprint density at radius 2 is 1.90 bits per heavy atom. The topological polar surface area (TPSA) is 63.2 Å². The molecule has 1 aromatic heterocycles. The Morgan fingerprint density at radius 3 is 2.55 bits per heavy atom. The van der Waals surface area contributed by atoms with Crippen molar-refractivity contribution in [3.05, 3.63) is 38.3 Å². The van der Waals surface area contributed by atoms with Crippen LogP contribution in [0.25, 0.3) is 0 Å². The number of benzene rings is 1. The molecule has 0 aliphatic carbocycles. The molecular formula is C13H10ClN3O2S. The van der Waals surface area contributed by atoms with Crippen molar-refractivity contribution >= 4 is 40.3 Å². The summed E-state index contributed by atoms with van der Waals surface area (Å²) in [4.78, 5) is 25.8. The third kappa shape index (κ3) is 1.92. The fraction of sp³-hybridized carbons (Fsp3) is 0.231. The third-order valence-corrected chi connectivity index (χ3v) is 4.26. The van der Waals surface area contributed by atoms with Crippen molar-refractivity contribution < 1.29 is 9.59 Å². The first kappa shape index (κ1) is 13.2. The van der Waals surface area contributed by atoms with Crippen LogP contribution in [-0.4, -0.2) is 21.9 Å². The molecule has 0 saturated heterocycles. The third-order valence-electron chi connectivity index (χ3n) is 3.26. The SMILES string of the molecule is Cc1ccc(C)c2c1C(=O)C(=O)N2Cc1nnc(Cl)s1. The maximum absolute atomic E-state index is 12.2. The van der Waals surface area contributed by atoms with Crippen molar-refractivity contribution in [1.82, 2.24) is 10.2 Å². The maximum atomic E-state index is 12.2. The fourth-order valence-corrected chi connectivity index (χ4v) is 3.20. The first-order valence-corrected chi connectivity index (χ1v) is 7.12. The number of carbonyl (C=O) groups excluding carboxylic acids is 2. The summed E-state index contributed by atoms with van der Waals surface area (Å²) in [5.41, 5.74) is 2.86. The molecule has 0 radical (unpaired) electrons. The molecule has 7 heteroatoms. The fourth-order valence-electron chi connectivity index (χ4n) is 2.34. The molecule has 1 aliphatic rings. The summed E-state index contributed by atoms with van der Waals surface area (Å²) in [7, 11) is 0. The minimum Gasteiger partial charge on any atom is -0.298 e. The smallest absolute Gasteiger partial charge is 0.298 e. The lowest BCUT2D eigenvalue weighted by Crippen LogP contribution is -2.29. The van der Waals surface area contributed by atoms with E-state index in [1.54, 1.807) is 0 Å². The van der Waals surface area contributed by atoms with Gasteiger partial charge in [-0.05, 0) is 36.6 Å². The lowest BCUT2D eigenvalue weighted by Gasteiger charge is -2.17. The van der Waals surface area contributed by atoms with Gasteiger partial charge in [0.05, 0.1) is 17.8 Å². The number of ketones is 1. The Morgan fingerprint density at radius 1 is 1.20 bits per heavy atom. The zero-order chi connectivity index (χ0) is 14.4. The molecule has 0 unspecified atom stereocenters. The Balaban J connectivity index is 2.08. The number of nitrogens with zero attached hydrogens (tertiary/aromatic N) is 3. The number of amides is 1. The van der Waals surface area contributed by atoms with Crippen molar-refractivity contribution in [2.24, 2.45) is 0 Å². The summed E-state index contributed by atoms with van der Waals surface area (Å²) in [6.07, 6.45) is 0. The molecule has 5 nitrogen and oxygen atoms in total. The van der Waals surface area contributed by atoms with Crippen LogP contribution in [0.3, 0.4) is 0 Å². The molecule has 2 heterocycles. The van der Waals surface area contributed by atoms with Crippen LogP contribution in [-0.2, 0) is 11.3 Å². The van der Waals surface area contributed by atoms with Gasteiger partial charge < -0.3 is 0 Å². The molecule has 1 aliphatic heterocycles.